The lowest BCUT2D eigenvalue weighted by atomic mass is 10.1. The SMILES string of the molecule is COc1cc(SC)ccc1C(=O)Nc1ccc(F)c([N+](=O)[O-])c1. The maximum absolute atomic E-state index is 13.3. The average Bonchev–Trinajstić information content (AvgIpc) is 2.55. The zero-order chi connectivity index (χ0) is 17.0. The molecule has 0 aromatic heterocycles. The van der Waals surface area contributed by atoms with Crippen LogP contribution in [-0.4, -0.2) is 24.2 Å². The highest BCUT2D eigenvalue weighted by atomic mass is 32.2. The van der Waals surface area contributed by atoms with Crippen molar-refractivity contribution >= 4 is 29.0 Å². The Morgan fingerprint density at radius 3 is 2.65 bits per heavy atom. The molecule has 0 aliphatic carbocycles. The summed E-state index contributed by atoms with van der Waals surface area (Å²) in [5, 5.41) is 13.2. The summed E-state index contributed by atoms with van der Waals surface area (Å²) in [5.41, 5.74) is -0.302. The van der Waals surface area contributed by atoms with Gasteiger partial charge in [0, 0.05) is 16.6 Å². The van der Waals surface area contributed by atoms with Crippen LogP contribution in [0.15, 0.2) is 41.3 Å². The molecule has 0 radical (unpaired) electrons. The molecular weight excluding hydrogens is 323 g/mol. The second kappa shape index (κ2) is 7.10. The molecule has 0 fully saturated rings. The van der Waals surface area contributed by atoms with Crippen LogP contribution < -0.4 is 10.1 Å². The summed E-state index contributed by atoms with van der Waals surface area (Å²) in [6.45, 7) is 0. The molecule has 0 saturated carbocycles. The van der Waals surface area contributed by atoms with E-state index in [0.29, 0.717) is 5.75 Å². The monoisotopic (exact) mass is 336 g/mol. The second-order valence-electron chi connectivity index (χ2n) is 4.44. The molecule has 0 unspecified atom stereocenters. The molecule has 0 heterocycles. The van der Waals surface area contributed by atoms with Gasteiger partial charge in [0.15, 0.2) is 0 Å². The van der Waals surface area contributed by atoms with Crippen LogP contribution in [0.25, 0.3) is 0 Å². The molecule has 0 aliphatic rings. The number of nitro benzene ring substituents is 1. The van der Waals surface area contributed by atoms with Gasteiger partial charge in [-0.15, -0.1) is 11.8 Å². The highest BCUT2D eigenvalue weighted by Crippen LogP contribution is 2.27. The number of methoxy groups -OCH3 is 1. The van der Waals surface area contributed by atoms with Crippen LogP contribution in [0.4, 0.5) is 15.8 Å². The van der Waals surface area contributed by atoms with Gasteiger partial charge in [0.1, 0.15) is 5.75 Å². The molecular formula is C15H13FN2O4S. The Hall–Kier alpha value is -2.61. The van der Waals surface area contributed by atoms with Gasteiger partial charge in [-0.25, -0.2) is 0 Å². The van der Waals surface area contributed by atoms with E-state index >= 15 is 0 Å². The number of carbonyl (C=O) groups excluding carboxylic acids is 1. The number of anilines is 1. The third kappa shape index (κ3) is 3.78. The van der Waals surface area contributed by atoms with Crippen LogP contribution in [0.5, 0.6) is 5.75 Å². The summed E-state index contributed by atoms with van der Waals surface area (Å²) in [5.74, 6) is -1.09. The Balaban J connectivity index is 2.29. The van der Waals surface area contributed by atoms with E-state index in [0.717, 1.165) is 17.0 Å². The fourth-order valence-corrected chi connectivity index (χ4v) is 2.34. The van der Waals surface area contributed by atoms with Crippen molar-refractivity contribution in [3.63, 3.8) is 0 Å². The van der Waals surface area contributed by atoms with Gasteiger partial charge in [-0.1, -0.05) is 0 Å². The van der Waals surface area contributed by atoms with Gasteiger partial charge in [-0.2, -0.15) is 4.39 Å². The summed E-state index contributed by atoms with van der Waals surface area (Å²) < 4.78 is 18.5. The number of carbonyl (C=O) groups is 1. The summed E-state index contributed by atoms with van der Waals surface area (Å²) in [6.07, 6.45) is 1.90. The largest absolute Gasteiger partial charge is 0.496 e. The van der Waals surface area contributed by atoms with Crippen LogP contribution in [0, 0.1) is 15.9 Å². The van der Waals surface area contributed by atoms with Crippen LogP contribution >= 0.6 is 11.8 Å². The zero-order valence-corrected chi connectivity index (χ0v) is 13.1. The fraction of sp³-hybridized carbons (Fsp3) is 0.133. The summed E-state index contributed by atoms with van der Waals surface area (Å²) in [7, 11) is 1.44. The Bertz CT molecular complexity index is 767. The molecule has 0 atom stereocenters. The molecule has 0 aliphatic heterocycles. The van der Waals surface area contributed by atoms with Crippen molar-refractivity contribution in [1.82, 2.24) is 0 Å². The normalized spacial score (nSPS) is 10.2. The molecule has 1 N–H and O–H groups in total. The molecule has 23 heavy (non-hydrogen) atoms. The third-order valence-electron chi connectivity index (χ3n) is 3.05. The lowest BCUT2D eigenvalue weighted by Gasteiger charge is -2.10. The first-order valence-corrected chi connectivity index (χ1v) is 7.66. The topological polar surface area (TPSA) is 81.5 Å². The Morgan fingerprint density at radius 1 is 1.30 bits per heavy atom. The number of nitro groups is 1. The van der Waals surface area contributed by atoms with E-state index in [2.05, 4.69) is 5.32 Å². The average molecular weight is 336 g/mol. The van der Waals surface area contributed by atoms with E-state index in [-0.39, 0.29) is 11.3 Å². The number of thioether (sulfide) groups is 1. The van der Waals surface area contributed by atoms with Crippen molar-refractivity contribution in [2.75, 3.05) is 18.7 Å². The number of amides is 1. The maximum atomic E-state index is 13.3. The van der Waals surface area contributed by atoms with E-state index in [9.17, 15) is 19.3 Å². The molecule has 0 bridgehead atoms. The second-order valence-corrected chi connectivity index (χ2v) is 5.32. The van der Waals surface area contributed by atoms with E-state index in [4.69, 9.17) is 4.74 Å². The summed E-state index contributed by atoms with van der Waals surface area (Å²) in [6, 6.07) is 8.22. The number of hydrogen-bond acceptors (Lipinski definition) is 5. The van der Waals surface area contributed by atoms with E-state index in [1.54, 1.807) is 18.2 Å². The number of ether oxygens (including phenoxy) is 1. The van der Waals surface area contributed by atoms with Crippen molar-refractivity contribution in [3.8, 4) is 5.75 Å². The van der Waals surface area contributed by atoms with Crippen molar-refractivity contribution < 1.29 is 18.8 Å². The van der Waals surface area contributed by atoms with Crippen LogP contribution in [0.3, 0.4) is 0 Å². The van der Waals surface area contributed by atoms with E-state index in [1.807, 2.05) is 6.26 Å². The van der Waals surface area contributed by atoms with Gasteiger partial charge in [-0.3, -0.25) is 14.9 Å². The highest BCUT2D eigenvalue weighted by molar-refractivity contribution is 7.98. The number of nitrogens with one attached hydrogen (secondary N) is 1. The minimum absolute atomic E-state index is 0.124. The molecule has 0 spiro atoms. The molecule has 1 amide bonds. The third-order valence-corrected chi connectivity index (χ3v) is 3.78. The predicted octanol–water partition coefficient (Wildman–Crippen LogP) is 3.72. The van der Waals surface area contributed by atoms with Gasteiger partial charge >= 0.3 is 5.69 Å². The number of rotatable bonds is 5. The standard InChI is InChI=1S/C15H13FN2O4S/c1-22-14-8-10(23-2)4-5-11(14)15(19)17-9-3-6-12(16)13(7-9)18(20)21/h3-8H,1-2H3,(H,17,19). The molecule has 2 aromatic carbocycles. The smallest absolute Gasteiger partial charge is 0.306 e. The molecule has 120 valence electrons. The molecule has 6 nitrogen and oxygen atoms in total. The Kier molecular flexibility index (Phi) is 5.17. The predicted molar refractivity (Wildman–Crippen MR) is 85.8 cm³/mol. The molecule has 2 rings (SSSR count). The lowest BCUT2D eigenvalue weighted by molar-refractivity contribution is -0.387. The zero-order valence-electron chi connectivity index (χ0n) is 12.3. The summed E-state index contributed by atoms with van der Waals surface area (Å²) in [4.78, 5) is 23.1. The first-order chi connectivity index (χ1) is 11.0. The minimum atomic E-state index is -0.963. The van der Waals surface area contributed by atoms with Gasteiger partial charge in [0.2, 0.25) is 5.82 Å². The quantitative estimate of drug-likeness (QED) is 0.511. The first kappa shape index (κ1) is 16.8. The van der Waals surface area contributed by atoms with Crippen LogP contribution in [-0.2, 0) is 0 Å². The minimum Gasteiger partial charge on any atom is -0.496 e. The Labute approximate surface area is 135 Å². The lowest BCUT2D eigenvalue weighted by Crippen LogP contribution is -2.13. The molecule has 2 aromatic rings. The van der Waals surface area contributed by atoms with Crippen molar-refractivity contribution in [2.24, 2.45) is 0 Å². The van der Waals surface area contributed by atoms with Crippen molar-refractivity contribution in [1.29, 1.82) is 0 Å². The van der Waals surface area contributed by atoms with Crippen LogP contribution in [0.1, 0.15) is 10.4 Å². The van der Waals surface area contributed by atoms with Gasteiger partial charge < -0.3 is 10.1 Å². The number of halogens is 1. The van der Waals surface area contributed by atoms with Crippen molar-refractivity contribution in [2.45, 2.75) is 4.90 Å². The van der Waals surface area contributed by atoms with Gasteiger partial charge in [-0.05, 0) is 36.6 Å². The number of hydrogen-bond donors (Lipinski definition) is 1. The fourth-order valence-electron chi connectivity index (χ4n) is 1.91. The van der Waals surface area contributed by atoms with E-state index in [1.165, 1.54) is 24.9 Å². The van der Waals surface area contributed by atoms with Crippen LogP contribution in [0.2, 0.25) is 0 Å². The van der Waals surface area contributed by atoms with Gasteiger partial charge in [0.25, 0.3) is 5.91 Å². The van der Waals surface area contributed by atoms with E-state index < -0.39 is 22.3 Å². The maximum Gasteiger partial charge on any atom is 0.306 e. The molecule has 0 saturated heterocycles. The first-order valence-electron chi connectivity index (χ1n) is 6.43. The number of nitrogens with zero attached hydrogens (tertiary/aromatic N) is 1. The van der Waals surface area contributed by atoms with Crippen molar-refractivity contribution in [3.05, 3.63) is 57.9 Å². The van der Waals surface area contributed by atoms with Gasteiger partial charge in [0.05, 0.1) is 17.6 Å². The molecule has 8 heteroatoms. The summed E-state index contributed by atoms with van der Waals surface area (Å²) >= 11 is 1.50. The number of benzene rings is 2. The highest BCUT2D eigenvalue weighted by Gasteiger charge is 2.17. The Morgan fingerprint density at radius 2 is 2.04 bits per heavy atom.